The van der Waals surface area contributed by atoms with Crippen LogP contribution in [0.5, 0.6) is 5.75 Å². The Kier molecular flexibility index (Phi) is 1.78. The molecule has 0 bridgehead atoms. The second-order valence-corrected chi connectivity index (χ2v) is 2.42. The van der Waals surface area contributed by atoms with Crippen molar-refractivity contribution >= 4 is 0 Å². The SMILES string of the molecule is [c]1cc[c]c(OCC2CO2)c1. The molecule has 0 N–H and O–H groups in total. The predicted octanol–water partition coefficient (Wildman–Crippen LogP) is 1.06. The first-order chi connectivity index (χ1) is 5.45. The maximum Gasteiger partial charge on any atom is 0.128 e. The van der Waals surface area contributed by atoms with E-state index in [1.165, 1.54) is 0 Å². The van der Waals surface area contributed by atoms with Crippen LogP contribution in [-0.2, 0) is 4.74 Å². The third-order valence-corrected chi connectivity index (χ3v) is 1.45. The van der Waals surface area contributed by atoms with Gasteiger partial charge in [-0.2, -0.15) is 0 Å². The van der Waals surface area contributed by atoms with Crippen LogP contribution in [0.4, 0.5) is 0 Å². The van der Waals surface area contributed by atoms with Gasteiger partial charge in [-0.1, -0.05) is 6.07 Å². The number of ether oxygens (including phenoxy) is 2. The second-order valence-electron chi connectivity index (χ2n) is 2.42. The van der Waals surface area contributed by atoms with Crippen LogP contribution in [0.2, 0.25) is 0 Å². The molecule has 2 rings (SSSR count). The summed E-state index contributed by atoms with van der Waals surface area (Å²) in [6.07, 6.45) is 0.309. The van der Waals surface area contributed by atoms with Crippen molar-refractivity contribution in [2.24, 2.45) is 0 Å². The van der Waals surface area contributed by atoms with E-state index in [0.717, 1.165) is 12.4 Å². The van der Waals surface area contributed by atoms with E-state index in [2.05, 4.69) is 12.1 Å². The van der Waals surface area contributed by atoms with Crippen molar-refractivity contribution in [1.82, 2.24) is 0 Å². The Morgan fingerprint density at radius 1 is 1.64 bits per heavy atom. The van der Waals surface area contributed by atoms with E-state index < -0.39 is 0 Å². The number of benzene rings is 1. The summed E-state index contributed by atoms with van der Waals surface area (Å²) in [5.74, 6) is 0.739. The lowest BCUT2D eigenvalue weighted by molar-refractivity contribution is 0.262. The molecule has 1 heterocycles. The molecule has 1 fully saturated rings. The van der Waals surface area contributed by atoms with E-state index in [1.54, 1.807) is 18.2 Å². The van der Waals surface area contributed by atoms with Gasteiger partial charge in [0.2, 0.25) is 0 Å². The molecule has 2 nitrogen and oxygen atoms in total. The van der Waals surface area contributed by atoms with E-state index >= 15 is 0 Å². The molecular weight excluding hydrogens is 140 g/mol. The fourth-order valence-corrected chi connectivity index (χ4v) is 0.768. The molecule has 1 atom stereocenters. The van der Waals surface area contributed by atoms with Crippen LogP contribution < -0.4 is 4.74 Å². The van der Waals surface area contributed by atoms with Crippen molar-refractivity contribution in [2.45, 2.75) is 6.10 Å². The van der Waals surface area contributed by atoms with Gasteiger partial charge in [0.1, 0.15) is 18.5 Å². The summed E-state index contributed by atoms with van der Waals surface area (Å²) in [6, 6.07) is 11.2. The number of hydrogen-bond donors (Lipinski definition) is 0. The Bertz CT molecular complexity index is 216. The van der Waals surface area contributed by atoms with E-state index in [1.807, 2.05) is 0 Å². The largest absolute Gasteiger partial charge is 0.490 e. The number of rotatable bonds is 3. The first kappa shape index (κ1) is 6.68. The molecule has 2 heteroatoms. The van der Waals surface area contributed by atoms with Gasteiger partial charge in [0.15, 0.2) is 0 Å². The Morgan fingerprint density at radius 2 is 2.55 bits per heavy atom. The van der Waals surface area contributed by atoms with Crippen molar-refractivity contribution in [2.75, 3.05) is 13.2 Å². The van der Waals surface area contributed by atoms with Gasteiger partial charge in [0.25, 0.3) is 0 Å². The Hall–Kier alpha value is -1.02. The third-order valence-electron chi connectivity index (χ3n) is 1.45. The lowest BCUT2D eigenvalue weighted by Crippen LogP contribution is -2.03. The zero-order valence-corrected chi connectivity index (χ0v) is 6.04. The molecule has 0 saturated carbocycles. The molecule has 1 aliphatic rings. The standard InChI is InChI=1S/C9H8O2/c1-2-4-8(5-3-1)10-6-9-7-11-9/h1-2,5,9H,6-7H2. The van der Waals surface area contributed by atoms with Crippen molar-refractivity contribution in [3.8, 4) is 5.75 Å². The van der Waals surface area contributed by atoms with E-state index in [4.69, 9.17) is 9.47 Å². The topological polar surface area (TPSA) is 21.8 Å². The molecule has 0 aliphatic carbocycles. The zero-order chi connectivity index (χ0) is 7.52. The van der Waals surface area contributed by atoms with Gasteiger partial charge in [-0.05, 0) is 18.2 Å². The third kappa shape index (κ3) is 1.95. The molecule has 1 aromatic rings. The van der Waals surface area contributed by atoms with Crippen LogP contribution in [0.1, 0.15) is 0 Å². The first-order valence-corrected chi connectivity index (χ1v) is 3.57. The second kappa shape index (κ2) is 2.93. The molecule has 1 unspecified atom stereocenters. The van der Waals surface area contributed by atoms with Gasteiger partial charge >= 0.3 is 0 Å². The summed E-state index contributed by atoms with van der Waals surface area (Å²) in [5.41, 5.74) is 0. The lowest BCUT2D eigenvalue weighted by Gasteiger charge is -2.00. The van der Waals surface area contributed by atoms with Crippen molar-refractivity contribution < 1.29 is 9.47 Å². The predicted molar refractivity (Wildman–Crippen MR) is 39.3 cm³/mol. The minimum atomic E-state index is 0.309. The van der Waals surface area contributed by atoms with E-state index in [0.29, 0.717) is 12.7 Å². The monoisotopic (exact) mass is 148 g/mol. The van der Waals surface area contributed by atoms with Crippen LogP contribution in [-0.4, -0.2) is 19.3 Å². The molecule has 1 aromatic carbocycles. The highest BCUT2D eigenvalue weighted by Crippen LogP contribution is 2.12. The van der Waals surface area contributed by atoms with Gasteiger partial charge in [-0.15, -0.1) is 0 Å². The van der Waals surface area contributed by atoms with Gasteiger partial charge in [-0.25, -0.2) is 0 Å². The molecule has 1 aliphatic heterocycles. The molecule has 1 saturated heterocycles. The molecular formula is C9H8O2. The van der Waals surface area contributed by atoms with Crippen molar-refractivity contribution in [3.63, 3.8) is 0 Å². The highest BCUT2D eigenvalue weighted by molar-refractivity contribution is 5.18. The highest BCUT2D eigenvalue weighted by Gasteiger charge is 2.22. The smallest absolute Gasteiger partial charge is 0.128 e. The maximum absolute atomic E-state index is 5.32. The summed E-state index contributed by atoms with van der Waals surface area (Å²) in [7, 11) is 0. The summed E-state index contributed by atoms with van der Waals surface area (Å²) in [5, 5.41) is 0. The number of epoxide rings is 1. The zero-order valence-electron chi connectivity index (χ0n) is 6.04. The van der Waals surface area contributed by atoms with Crippen LogP contribution in [0.25, 0.3) is 0 Å². The summed E-state index contributed by atoms with van der Waals surface area (Å²) < 4.78 is 10.3. The van der Waals surface area contributed by atoms with Crippen molar-refractivity contribution in [1.29, 1.82) is 0 Å². The lowest BCUT2D eigenvalue weighted by atomic mass is 10.3. The molecule has 0 amide bonds. The summed E-state index contributed by atoms with van der Waals surface area (Å²) >= 11 is 0. The average Bonchev–Trinajstić information content (AvgIpc) is 2.86. The van der Waals surface area contributed by atoms with E-state index in [9.17, 15) is 0 Å². The van der Waals surface area contributed by atoms with Crippen LogP contribution in [0.15, 0.2) is 18.2 Å². The van der Waals surface area contributed by atoms with Crippen molar-refractivity contribution in [3.05, 3.63) is 30.3 Å². The summed E-state index contributed by atoms with van der Waals surface area (Å²) in [6.45, 7) is 1.46. The van der Waals surface area contributed by atoms with Crippen LogP contribution in [0.3, 0.4) is 0 Å². The molecule has 2 radical (unpaired) electrons. The molecule has 0 aromatic heterocycles. The van der Waals surface area contributed by atoms with Gasteiger partial charge in [-0.3, -0.25) is 0 Å². The highest BCUT2D eigenvalue weighted by atomic mass is 16.6. The fourth-order valence-electron chi connectivity index (χ4n) is 0.768. The van der Waals surface area contributed by atoms with Gasteiger partial charge in [0.05, 0.1) is 6.61 Å². The van der Waals surface area contributed by atoms with Gasteiger partial charge in [0, 0.05) is 6.07 Å². The van der Waals surface area contributed by atoms with Crippen LogP contribution >= 0.6 is 0 Å². The Balaban J connectivity index is 1.85. The fraction of sp³-hybridized carbons (Fsp3) is 0.333. The Morgan fingerprint density at radius 3 is 3.18 bits per heavy atom. The minimum Gasteiger partial charge on any atom is -0.490 e. The summed E-state index contributed by atoms with van der Waals surface area (Å²) in [4.78, 5) is 0. The quantitative estimate of drug-likeness (QED) is 0.598. The number of hydrogen-bond acceptors (Lipinski definition) is 2. The van der Waals surface area contributed by atoms with Crippen LogP contribution in [0, 0.1) is 12.1 Å². The molecule has 11 heavy (non-hydrogen) atoms. The minimum absolute atomic E-state index is 0.309. The molecule has 0 spiro atoms. The normalized spacial score (nSPS) is 21.3. The van der Waals surface area contributed by atoms with Gasteiger partial charge < -0.3 is 9.47 Å². The maximum atomic E-state index is 5.32. The average molecular weight is 148 g/mol. The Labute approximate surface area is 65.7 Å². The molecule has 56 valence electrons. The van der Waals surface area contributed by atoms with E-state index in [-0.39, 0.29) is 0 Å². The first-order valence-electron chi connectivity index (χ1n) is 3.57.